The first-order valence-corrected chi connectivity index (χ1v) is 7.68. The minimum absolute atomic E-state index is 0.489. The highest BCUT2D eigenvalue weighted by Gasteiger charge is 2.33. The minimum atomic E-state index is 0.489. The van der Waals surface area contributed by atoms with E-state index < -0.39 is 0 Å². The molecule has 0 amide bonds. The average Bonchev–Trinajstić information content (AvgIpc) is 3.03. The summed E-state index contributed by atoms with van der Waals surface area (Å²) in [6.07, 6.45) is 2.48. The lowest BCUT2D eigenvalue weighted by Gasteiger charge is -2.20. The molecule has 18 heavy (non-hydrogen) atoms. The molecule has 3 atom stereocenters. The molecule has 0 bridgehead atoms. The Bertz CT molecular complexity index is 582. The van der Waals surface area contributed by atoms with Crippen LogP contribution in [0.25, 0.3) is 10.7 Å². The van der Waals surface area contributed by atoms with Gasteiger partial charge in [-0.2, -0.15) is 5.10 Å². The molecule has 2 aromatic heterocycles. The Kier molecular flexibility index (Phi) is 3.11. The summed E-state index contributed by atoms with van der Waals surface area (Å²) >= 11 is 7.14. The van der Waals surface area contributed by atoms with E-state index in [0.29, 0.717) is 12.0 Å². The summed E-state index contributed by atoms with van der Waals surface area (Å²) in [5.74, 6) is 2.43. The molecule has 0 aliphatic heterocycles. The molecule has 3 rings (SSSR count). The third-order valence-corrected chi connectivity index (χ3v) is 5.35. The Morgan fingerprint density at radius 1 is 1.44 bits per heavy atom. The molecule has 3 unspecified atom stereocenters. The molecule has 1 fully saturated rings. The maximum absolute atomic E-state index is 5.42. The van der Waals surface area contributed by atoms with Crippen LogP contribution < -0.4 is 0 Å². The highest BCUT2D eigenvalue weighted by atomic mass is 32.1. The molecule has 2 aromatic rings. The maximum atomic E-state index is 5.42. The smallest absolute Gasteiger partial charge is 0.195 e. The van der Waals surface area contributed by atoms with E-state index in [1.807, 2.05) is 0 Å². The molecule has 1 N–H and O–H groups in total. The summed E-state index contributed by atoms with van der Waals surface area (Å²) in [6, 6.07) is 4.65. The third kappa shape index (κ3) is 1.86. The van der Waals surface area contributed by atoms with E-state index in [1.165, 1.54) is 17.7 Å². The van der Waals surface area contributed by atoms with Gasteiger partial charge in [-0.3, -0.25) is 9.67 Å². The van der Waals surface area contributed by atoms with Crippen molar-refractivity contribution in [2.45, 2.75) is 32.7 Å². The van der Waals surface area contributed by atoms with Crippen LogP contribution in [0.15, 0.2) is 17.5 Å². The van der Waals surface area contributed by atoms with E-state index in [0.717, 1.165) is 16.5 Å². The van der Waals surface area contributed by atoms with E-state index in [9.17, 15) is 0 Å². The minimum Gasteiger partial charge on any atom is -0.296 e. The highest BCUT2D eigenvalue weighted by Crippen LogP contribution is 2.41. The van der Waals surface area contributed by atoms with Crippen LogP contribution in [0.2, 0.25) is 0 Å². The predicted octanol–water partition coefficient (Wildman–Crippen LogP) is 4.28. The molecule has 0 radical (unpaired) electrons. The lowest BCUT2D eigenvalue weighted by molar-refractivity contribution is 0.352. The fourth-order valence-corrected chi connectivity index (χ4v) is 3.87. The number of rotatable bonds is 2. The number of hydrogen-bond acceptors (Lipinski definition) is 3. The van der Waals surface area contributed by atoms with Crippen LogP contribution in [0.3, 0.4) is 0 Å². The summed E-state index contributed by atoms with van der Waals surface area (Å²) in [7, 11) is 0. The van der Waals surface area contributed by atoms with Crippen molar-refractivity contribution in [1.29, 1.82) is 0 Å². The van der Waals surface area contributed by atoms with Gasteiger partial charge >= 0.3 is 0 Å². The van der Waals surface area contributed by atoms with Gasteiger partial charge in [-0.25, -0.2) is 0 Å². The first-order valence-electron chi connectivity index (χ1n) is 6.39. The number of aromatic amines is 1. The summed E-state index contributed by atoms with van der Waals surface area (Å²) in [5.41, 5.74) is 0. The number of hydrogen-bond donors (Lipinski definition) is 1. The van der Waals surface area contributed by atoms with Crippen molar-refractivity contribution < 1.29 is 0 Å². The fourth-order valence-electron chi connectivity index (χ4n) is 2.89. The largest absolute Gasteiger partial charge is 0.296 e. The molecule has 1 saturated carbocycles. The number of nitrogens with zero attached hydrogens (tertiary/aromatic N) is 2. The van der Waals surface area contributed by atoms with Crippen molar-refractivity contribution in [1.82, 2.24) is 14.8 Å². The van der Waals surface area contributed by atoms with Crippen LogP contribution in [-0.2, 0) is 0 Å². The van der Waals surface area contributed by atoms with Crippen LogP contribution in [0.1, 0.15) is 32.7 Å². The van der Waals surface area contributed by atoms with E-state index in [4.69, 9.17) is 12.2 Å². The van der Waals surface area contributed by atoms with Crippen molar-refractivity contribution >= 4 is 23.6 Å². The zero-order chi connectivity index (χ0) is 12.7. The summed E-state index contributed by atoms with van der Waals surface area (Å²) < 4.78 is 2.99. The molecule has 2 heterocycles. The first kappa shape index (κ1) is 12.1. The van der Waals surface area contributed by atoms with Crippen molar-refractivity contribution in [2.24, 2.45) is 11.8 Å². The van der Waals surface area contributed by atoms with Gasteiger partial charge < -0.3 is 0 Å². The number of aromatic nitrogens is 3. The van der Waals surface area contributed by atoms with Crippen LogP contribution in [-0.4, -0.2) is 14.8 Å². The van der Waals surface area contributed by atoms with Gasteiger partial charge in [0.2, 0.25) is 0 Å². The second-order valence-electron chi connectivity index (χ2n) is 5.18. The predicted molar refractivity (Wildman–Crippen MR) is 77.3 cm³/mol. The second-order valence-corrected chi connectivity index (χ2v) is 6.52. The van der Waals surface area contributed by atoms with E-state index in [1.54, 1.807) is 11.3 Å². The van der Waals surface area contributed by atoms with Gasteiger partial charge in [0.25, 0.3) is 0 Å². The van der Waals surface area contributed by atoms with Gasteiger partial charge in [0.15, 0.2) is 10.6 Å². The molecular formula is C13H17N3S2. The van der Waals surface area contributed by atoms with Gasteiger partial charge in [0.05, 0.1) is 4.88 Å². The third-order valence-electron chi connectivity index (χ3n) is 4.20. The molecule has 1 aliphatic carbocycles. The van der Waals surface area contributed by atoms with Crippen LogP contribution in [0, 0.1) is 16.6 Å². The number of H-pyrrole nitrogens is 1. The van der Waals surface area contributed by atoms with Crippen molar-refractivity contribution in [2.75, 3.05) is 0 Å². The van der Waals surface area contributed by atoms with E-state index in [2.05, 4.69) is 46.1 Å². The van der Waals surface area contributed by atoms with E-state index >= 15 is 0 Å². The molecule has 0 saturated heterocycles. The van der Waals surface area contributed by atoms with Gasteiger partial charge in [0, 0.05) is 6.04 Å². The van der Waals surface area contributed by atoms with Crippen molar-refractivity contribution in [3.05, 3.63) is 22.3 Å². The Hall–Kier alpha value is -0.940. The van der Waals surface area contributed by atoms with Gasteiger partial charge in [-0.1, -0.05) is 19.9 Å². The normalized spacial score (nSPS) is 27.8. The SMILES string of the molecule is CC1CCC(n2c(-c3cccs3)n[nH]c2=S)C1C. The average molecular weight is 279 g/mol. The van der Waals surface area contributed by atoms with E-state index in [-0.39, 0.29) is 0 Å². The Labute approximate surface area is 116 Å². The lowest BCUT2D eigenvalue weighted by Crippen LogP contribution is -2.15. The molecule has 1 aliphatic rings. The number of thiophene rings is 1. The van der Waals surface area contributed by atoms with Crippen LogP contribution in [0.4, 0.5) is 0 Å². The quantitative estimate of drug-likeness (QED) is 0.833. The molecule has 3 nitrogen and oxygen atoms in total. The van der Waals surface area contributed by atoms with Crippen LogP contribution >= 0.6 is 23.6 Å². The van der Waals surface area contributed by atoms with Gasteiger partial charge in [-0.05, 0) is 48.3 Å². The second kappa shape index (κ2) is 4.63. The monoisotopic (exact) mass is 279 g/mol. The topological polar surface area (TPSA) is 33.6 Å². The first-order chi connectivity index (χ1) is 8.68. The summed E-state index contributed by atoms with van der Waals surface area (Å²) in [4.78, 5) is 1.19. The van der Waals surface area contributed by atoms with Crippen molar-refractivity contribution in [3.63, 3.8) is 0 Å². The van der Waals surface area contributed by atoms with Gasteiger partial charge in [0.1, 0.15) is 0 Å². The zero-order valence-electron chi connectivity index (χ0n) is 10.6. The number of nitrogens with one attached hydrogen (secondary N) is 1. The highest BCUT2D eigenvalue weighted by molar-refractivity contribution is 7.71. The molecule has 5 heteroatoms. The molecule has 0 aromatic carbocycles. The van der Waals surface area contributed by atoms with Crippen LogP contribution in [0.5, 0.6) is 0 Å². The fraction of sp³-hybridized carbons (Fsp3) is 0.538. The molecular weight excluding hydrogens is 262 g/mol. The summed E-state index contributed by atoms with van der Waals surface area (Å²) in [5, 5.41) is 9.46. The van der Waals surface area contributed by atoms with Gasteiger partial charge in [-0.15, -0.1) is 11.3 Å². The Morgan fingerprint density at radius 3 is 2.89 bits per heavy atom. The maximum Gasteiger partial charge on any atom is 0.195 e. The lowest BCUT2D eigenvalue weighted by atomic mass is 9.97. The summed E-state index contributed by atoms with van der Waals surface area (Å²) in [6.45, 7) is 4.66. The zero-order valence-corrected chi connectivity index (χ0v) is 12.2. The molecule has 96 valence electrons. The van der Waals surface area contributed by atoms with Crippen molar-refractivity contribution in [3.8, 4) is 10.7 Å². The Balaban J connectivity index is 2.07. The standard InChI is InChI=1S/C13H17N3S2/c1-8-5-6-10(9(8)2)16-12(14-15-13(16)17)11-4-3-7-18-11/h3-4,7-10H,5-6H2,1-2H3,(H,15,17). The molecule has 0 spiro atoms. The Morgan fingerprint density at radius 2 is 2.28 bits per heavy atom.